The van der Waals surface area contributed by atoms with E-state index in [1.54, 1.807) is 28.6 Å². The van der Waals surface area contributed by atoms with Crippen LogP contribution in [0.25, 0.3) is 0 Å². The molecule has 2 heterocycles. The Labute approximate surface area is 97.7 Å². The second-order valence-electron chi connectivity index (χ2n) is 3.88. The molecule has 1 aliphatic rings. The van der Waals surface area contributed by atoms with E-state index in [1.165, 1.54) is 0 Å². The van der Waals surface area contributed by atoms with Gasteiger partial charge >= 0.3 is 5.69 Å². The third-order valence-corrected chi connectivity index (χ3v) is 4.50. The maximum Gasteiger partial charge on any atom is 0.350 e. The van der Waals surface area contributed by atoms with Gasteiger partial charge in [0.25, 0.3) is 0 Å². The summed E-state index contributed by atoms with van der Waals surface area (Å²) in [6.45, 7) is 2.03. The number of nitrogen functional groups attached to an aromatic ring is 1. The van der Waals surface area contributed by atoms with E-state index in [-0.39, 0.29) is 28.2 Å². The van der Waals surface area contributed by atoms with Gasteiger partial charge in [-0.05, 0) is 12.5 Å². The number of rotatable bonds is 2. The van der Waals surface area contributed by atoms with Crippen LogP contribution in [0.2, 0.25) is 0 Å². The largest absolute Gasteiger partial charge is 0.392 e. The number of aromatic nitrogens is 2. The molecule has 88 valence electrons. The van der Waals surface area contributed by atoms with E-state index in [1.807, 2.05) is 6.92 Å². The predicted octanol–water partition coefficient (Wildman–Crippen LogP) is 0.601. The van der Waals surface area contributed by atoms with Gasteiger partial charge in [0.05, 0.1) is 11.5 Å². The van der Waals surface area contributed by atoms with Gasteiger partial charge in [0, 0.05) is 17.9 Å². The third kappa shape index (κ3) is 2.08. The molecule has 0 amide bonds. The Morgan fingerprint density at radius 2 is 2.50 bits per heavy atom. The lowest BCUT2D eigenvalue weighted by Gasteiger charge is -2.12. The topological polar surface area (TPSA) is 81.1 Å². The van der Waals surface area contributed by atoms with Crippen molar-refractivity contribution in [3.05, 3.63) is 22.7 Å². The molecular weight excluding hydrogens is 226 g/mol. The highest BCUT2D eigenvalue weighted by Crippen LogP contribution is 2.42. The predicted molar refractivity (Wildman–Crippen MR) is 64.2 cm³/mol. The minimum Gasteiger partial charge on any atom is -0.392 e. The molecule has 16 heavy (non-hydrogen) atoms. The minimum absolute atomic E-state index is 0.0273. The van der Waals surface area contributed by atoms with E-state index in [0.717, 1.165) is 6.42 Å². The van der Waals surface area contributed by atoms with Gasteiger partial charge in [-0.1, -0.05) is 6.92 Å². The SMILES string of the molecule is CC[C@H]1S[C@@H](n2ccc(N)nc2=O)C[C@@H]1O. The first-order valence-electron chi connectivity index (χ1n) is 5.30. The zero-order valence-corrected chi connectivity index (χ0v) is 9.85. The molecule has 0 saturated carbocycles. The maximum absolute atomic E-state index is 11.6. The molecule has 5 nitrogen and oxygen atoms in total. The average molecular weight is 241 g/mol. The van der Waals surface area contributed by atoms with Gasteiger partial charge in [0.15, 0.2) is 0 Å². The van der Waals surface area contributed by atoms with E-state index in [2.05, 4.69) is 4.98 Å². The van der Waals surface area contributed by atoms with Gasteiger partial charge in [-0.15, -0.1) is 11.8 Å². The van der Waals surface area contributed by atoms with E-state index in [0.29, 0.717) is 6.42 Å². The molecule has 0 aliphatic carbocycles. The van der Waals surface area contributed by atoms with Gasteiger partial charge in [-0.3, -0.25) is 4.57 Å². The summed E-state index contributed by atoms with van der Waals surface area (Å²) in [4.78, 5) is 15.3. The van der Waals surface area contributed by atoms with Crippen molar-refractivity contribution in [1.82, 2.24) is 9.55 Å². The highest BCUT2D eigenvalue weighted by molar-refractivity contribution is 8.00. The number of nitrogens with zero attached hydrogens (tertiary/aromatic N) is 2. The maximum atomic E-state index is 11.6. The molecule has 0 radical (unpaired) electrons. The highest BCUT2D eigenvalue weighted by atomic mass is 32.2. The van der Waals surface area contributed by atoms with Crippen LogP contribution in [0, 0.1) is 0 Å². The molecule has 0 unspecified atom stereocenters. The van der Waals surface area contributed by atoms with Gasteiger partial charge in [-0.25, -0.2) is 4.79 Å². The summed E-state index contributed by atoms with van der Waals surface area (Å²) in [5.41, 5.74) is 5.08. The van der Waals surface area contributed by atoms with E-state index >= 15 is 0 Å². The molecule has 1 saturated heterocycles. The highest BCUT2D eigenvalue weighted by Gasteiger charge is 2.33. The van der Waals surface area contributed by atoms with Gasteiger partial charge in [-0.2, -0.15) is 4.98 Å². The molecule has 3 N–H and O–H groups in total. The minimum atomic E-state index is -0.346. The van der Waals surface area contributed by atoms with E-state index in [4.69, 9.17) is 5.73 Å². The van der Waals surface area contributed by atoms with Crippen LogP contribution in [0.15, 0.2) is 17.1 Å². The number of aliphatic hydroxyl groups is 1. The molecule has 1 aromatic heterocycles. The van der Waals surface area contributed by atoms with E-state index < -0.39 is 0 Å². The zero-order valence-electron chi connectivity index (χ0n) is 9.04. The van der Waals surface area contributed by atoms with Crippen molar-refractivity contribution in [3.63, 3.8) is 0 Å². The first-order chi connectivity index (χ1) is 7.61. The fourth-order valence-corrected chi connectivity index (χ4v) is 3.39. The fraction of sp³-hybridized carbons (Fsp3) is 0.600. The quantitative estimate of drug-likeness (QED) is 0.792. The number of aliphatic hydroxyl groups excluding tert-OH is 1. The second kappa shape index (κ2) is 4.47. The molecule has 1 aliphatic heterocycles. The van der Waals surface area contributed by atoms with E-state index in [9.17, 15) is 9.90 Å². The molecular formula is C10H15N3O2S. The molecule has 0 aromatic carbocycles. The first kappa shape index (κ1) is 11.5. The Bertz CT molecular complexity index is 434. The second-order valence-corrected chi connectivity index (χ2v) is 5.30. The number of anilines is 1. The number of hydrogen-bond donors (Lipinski definition) is 2. The van der Waals surface area contributed by atoms with Crippen molar-refractivity contribution in [2.24, 2.45) is 0 Å². The summed E-state index contributed by atoms with van der Waals surface area (Å²) in [6.07, 6.45) is 2.80. The molecule has 3 atom stereocenters. The van der Waals surface area contributed by atoms with Crippen LogP contribution < -0.4 is 11.4 Å². The number of hydrogen-bond acceptors (Lipinski definition) is 5. The fourth-order valence-electron chi connectivity index (χ4n) is 1.90. The monoisotopic (exact) mass is 241 g/mol. The lowest BCUT2D eigenvalue weighted by atomic mass is 10.1. The molecule has 0 bridgehead atoms. The van der Waals surface area contributed by atoms with Crippen LogP contribution in [0.5, 0.6) is 0 Å². The van der Waals surface area contributed by atoms with Gasteiger partial charge in [0.1, 0.15) is 5.82 Å². The summed E-state index contributed by atoms with van der Waals surface area (Å²) in [5, 5.41) is 9.96. The van der Waals surface area contributed by atoms with Gasteiger partial charge in [0.2, 0.25) is 0 Å². The molecule has 1 fully saturated rings. The van der Waals surface area contributed by atoms with Gasteiger partial charge < -0.3 is 10.8 Å². The first-order valence-corrected chi connectivity index (χ1v) is 6.24. The Balaban J connectivity index is 2.23. The van der Waals surface area contributed by atoms with Crippen LogP contribution >= 0.6 is 11.8 Å². The molecule has 2 rings (SSSR count). The van der Waals surface area contributed by atoms with Crippen molar-refractivity contribution in [2.45, 2.75) is 36.5 Å². The molecule has 1 aromatic rings. The Kier molecular flexibility index (Phi) is 3.20. The van der Waals surface area contributed by atoms with Crippen molar-refractivity contribution < 1.29 is 5.11 Å². The Morgan fingerprint density at radius 3 is 3.06 bits per heavy atom. The number of nitrogens with two attached hydrogens (primary N) is 1. The smallest absolute Gasteiger partial charge is 0.350 e. The van der Waals surface area contributed by atoms with Crippen LogP contribution in [0.4, 0.5) is 5.82 Å². The summed E-state index contributed by atoms with van der Waals surface area (Å²) < 4.78 is 1.54. The van der Waals surface area contributed by atoms with Crippen molar-refractivity contribution in [2.75, 3.05) is 5.73 Å². The molecule has 0 spiro atoms. The van der Waals surface area contributed by atoms with Crippen LogP contribution in [0.1, 0.15) is 25.1 Å². The molecule has 6 heteroatoms. The standard InChI is InChI=1S/C10H15N3O2S/c1-2-7-6(14)5-9(16-7)13-4-3-8(11)12-10(13)15/h3-4,6-7,9,14H,2,5H2,1H3,(H2,11,12,15)/t6-,7+,9+/m0/s1. The van der Waals surface area contributed by atoms with Crippen LogP contribution in [0.3, 0.4) is 0 Å². The number of thioether (sulfide) groups is 1. The van der Waals surface area contributed by atoms with Crippen molar-refractivity contribution in [1.29, 1.82) is 0 Å². The average Bonchev–Trinajstić information content (AvgIpc) is 2.59. The lowest BCUT2D eigenvalue weighted by molar-refractivity contribution is 0.163. The lowest BCUT2D eigenvalue weighted by Crippen LogP contribution is -2.25. The normalized spacial score (nSPS) is 29.5. The third-order valence-electron chi connectivity index (χ3n) is 2.77. The Hall–Kier alpha value is -1.01. The van der Waals surface area contributed by atoms with Crippen molar-refractivity contribution in [3.8, 4) is 0 Å². The van der Waals surface area contributed by atoms with Crippen LogP contribution in [-0.4, -0.2) is 26.0 Å². The zero-order chi connectivity index (χ0) is 11.7. The summed E-state index contributed by atoms with van der Waals surface area (Å²) in [7, 11) is 0. The summed E-state index contributed by atoms with van der Waals surface area (Å²) >= 11 is 1.62. The summed E-state index contributed by atoms with van der Waals surface area (Å²) in [5.74, 6) is 0.233. The van der Waals surface area contributed by atoms with Crippen LogP contribution in [-0.2, 0) is 0 Å². The van der Waals surface area contributed by atoms with Crippen molar-refractivity contribution >= 4 is 17.6 Å². The summed E-state index contributed by atoms with van der Waals surface area (Å²) in [6, 6.07) is 1.60. The Morgan fingerprint density at radius 1 is 1.75 bits per heavy atom.